The molecule has 0 spiro atoms. The molecule has 0 aliphatic heterocycles. The van der Waals surface area contributed by atoms with Crippen LogP contribution in [0.5, 0.6) is 0 Å². The van der Waals surface area contributed by atoms with Gasteiger partial charge in [-0.2, -0.15) is 0 Å². The van der Waals surface area contributed by atoms with Crippen molar-refractivity contribution in [2.45, 2.75) is 104 Å². The molecule has 0 aromatic heterocycles. The van der Waals surface area contributed by atoms with Gasteiger partial charge >= 0.3 is 0 Å². The summed E-state index contributed by atoms with van der Waals surface area (Å²) < 4.78 is 5.71. The van der Waals surface area contributed by atoms with E-state index in [1.54, 1.807) is 0 Å². The highest BCUT2D eigenvalue weighted by Gasteiger charge is 2.16. The fourth-order valence-electron chi connectivity index (χ4n) is 2.50. The molecule has 0 aliphatic carbocycles. The Morgan fingerprint density at radius 3 is 1.56 bits per heavy atom. The quantitative estimate of drug-likeness (QED) is 0.361. The standard InChI is InChI=1S/C17H36O/c1-5-7-8-9-10-11-12-13-14-15-16-17(3,4)18-6-2/h5-16H2,1-4H3. The molecule has 0 rings (SSSR count). The average Bonchev–Trinajstić information content (AvgIpc) is 2.31. The van der Waals surface area contributed by atoms with E-state index in [1.165, 1.54) is 70.6 Å². The van der Waals surface area contributed by atoms with Crippen molar-refractivity contribution in [3.05, 3.63) is 0 Å². The second-order valence-electron chi connectivity index (χ2n) is 6.12. The van der Waals surface area contributed by atoms with Gasteiger partial charge in [-0.15, -0.1) is 0 Å². The van der Waals surface area contributed by atoms with Crippen LogP contribution < -0.4 is 0 Å². The molecule has 0 bridgehead atoms. The Bertz CT molecular complexity index is 163. The van der Waals surface area contributed by atoms with Gasteiger partial charge in [-0.25, -0.2) is 0 Å². The normalized spacial score (nSPS) is 12.0. The lowest BCUT2D eigenvalue weighted by Crippen LogP contribution is -2.23. The summed E-state index contributed by atoms with van der Waals surface area (Å²) in [6, 6.07) is 0. The second-order valence-corrected chi connectivity index (χ2v) is 6.12. The maximum Gasteiger partial charge on any atom is 0.0626 e. The Morgan fingerprint density at radius 1 is 0.667 bits per heavy atom. The van der Waals surface area contributed by atoms with Crippen molar-refractivity contribution in [1.82, 2.24) is 0 Å². The van der Waals surface area contributed by atoms with Crippen LogP contribution in [0.1, 0.15) is 98.3 Å². The molecule has 18 heavy (non-hydrogen) atoms. The highest BCUT2D eigenvalue weighted by Crippen LogP contribution is 2.19. The fraction of sp³-hybridized carbons (Fsp3) is 1.00. The monoisotopic (exact) mass is 256 g/mol. The molecule has 0 aromatic carbocycles. The topological polar surface area (TPSA) is 9.23 Å². The molecule has 0 saturated carbocycles. The molecule has 0 unspecified atom stereocenters. The van der Waals surface area contributed by atoms with Crippen LogP contribution in [-0.4, -0.2) is 12.2 Å². The zero-order valence-electron chi connectivity index (χ0n) is 13.4. The zero-order valence-corrected chi connectivity index (χ0v) is 13.4. The lowest BCUT2D eigenvalue weighted by atomic mass is 9.99. The first-order valence-corrected chi connectivity index (χ1v) is 8.26. The molecular formula is C17H36O. The summed E-state index contributed by atoms with van der Waals surface area (Å²) in [4.78, 5) is 0. The summed E-state index contributed by atoms with van der Waals surface area (Å²) in [6.07, 6.45) is 15.3. The van der Waals surface area contributed by atoms with Crippen molar-refractivity contribution in [1.29, 1.82) is 0 Å². The molecule has 0 fully saturated rings. The van der Waals surface area contributed by atoms with Gasteiger partial charge in [0.2, 0.25) is 0 Å². The molecule has 0 atom stereocenters. The van der Waals surface area contributed by atoms with Gasteiger partial charge in [-0.3, -0.25) is 0 Å². The number of unbranched alkanes of at least 4 members (excludes halogenated alkanes) is 9. The van der Waals surface area contributed by atoms with Crippen molar-refractivity contribution < 1.29 is 4.74 Å². The minimum absolute atomic E-state index is 0.0922. The number of hydrogen-bond acceptors (Lipinski definition) is 1. The van der Waals surface area contributed by atoms with Gasteiger partial charge in [0.05, 0.1) is 5.60 Å². The van der Waals surface area contributed by atoms with Gasteiger partial charge < -0.3 is 4.74 Å². The lowest BCUT2D eigenvalue weighted by Gasteiger charge is -2.24. The Kier molecular flexibility index (Phi) is 12.0. The van der Waals surface area contributed by atoms with Gasteiger partial charge in [0.1, 0.15) is 0 Å². The SMILES string of the molecule is CCCCCCCCCCCCC(C)(C)OCC. The fourth-order valence-corrected chi connectivity index (χ4v) is 2.50. The third kappa shape index (κ3) is 12.4. The molecule has 1 heteroatoms. The van der Waals surface area contributed by atoms with E-state index in [9.17, 15) is 0 Å². The molecule has 0 aromatic rings. The first-order valence-electron chi connectivity index (χ1n) is 8.26. The van der Waals surface area contributed by atoms with Crippen LogP contribution in [0.25, 0.3) is 0 Å². The van der Waals surface area contributed by atoms with Gasteiger partial charge in [0.15, 0.2) is 0 Å². The van der Waals surface area contributed by atoms with E-state index in [1.807, 2.05) is 0 Å². The highest BCUT2D eigenvalue weighted by molar-refractivity contribution is 4.67. The van der Waals surface area contributed by atoms with Crippen LogP contribution >= 0.6 is 0 Å². The van der Waals surface area contributed by atoms with Crippen molar-refractivity contribution in [2.24, 2.45) is 0 Å². The van der Waals surface area contributed by atoms with Gasteiger partial charge in [0, 0.05) is 6.61 Å². The average molecular weight is 256 g/mol. The summed E-state index contributed by atoms with van der Waals surface area (Å²) in [7, 11) is 0. The Morgan fingerprint density at radius 2 is 1.11 bits per heavy atom. The van der Waals surface area contributed by atoms with E-state index in [-0.39, 0.29) is 5.60 Å². The maximum absolute atomic E-state index is 5.71. The summed E-state index contributed by atoms with van der Waals surface area (Å²) in [5.74, 6) is 0. The summed E-state index contributed by atoms with van der Waals surface area (Å²) in [6.45, 7) is 9.63. The lowest BCUT2D eigenvalue weighted by molar-refractivity contribution is -0.0177. The largest absolute Gasteiger partial charge is 0.376 e. The predicted octanol–water partition coefficient (Wildman–Crippen LogP) is 6.11. The molecule has 0 aliphatic rings. The van der Waals surface area contributed by atoms with E-state index in [4.69, 9.17) is 4.74 Å². The van der Waals surface area contributed by atoms with E-state index in [0.717, 1.165) is 6.61 Å². The summed E-state index contributed by atoms with van der Waals surface area (Å²) in [5, 5.41) is 0. The molecule has 0 amide bonds. The molecule has 110 valence electrons. The van der Waals surface area contributed by atoms with Crippen molar-refractivity contribution in [3.8, 4) is 0 Å². The second kappa shape index (κ2) is 12.0. The molecule has 0 heterocycles. The minimum atomic E-state index is 0.0922. The van der Waals surface area contributed by atoms with Crippen LogP contribution in [-0.2, 0) is 4.74 Å². The third-order valence-corrected chi connectivity index (χ3v) is 3.67. The first-order chi connectivity index (χ1) is 8.62. The summed E-state index contributed by atoms with van der Waals surface area (Å²) in [5.41, 5.74) is 0.0922. The van der Waals surface area contributed by atoms with Crippen LogP contribution in [0.2, 0.25) is 0 Å². The number of ether oxygens (including phenoxy) is 1. The third-order valence-electron chi connectivity index (χ3n) is 3.67. The maximum atomic E-state index is 5.71. The highest BCUT2D eigenvalue weighted by atomic mass is 16.5. The Balaban J connectivity index is 3.16. The Hall–Kier alpha value is -0.0400. The summed E-state index contributed by atoms with van der Waals surface area (Å²) >= 11 is 0. The molecule has 0 radical (unpaired) electrons. The predicted molar refractivity (Wildman–Crippen MR) is 82.2 cm³/mol. The molecular weight excluding hydrogens is 220 g/mol. The van der Waals surface area contributed by atoms with Crippen LogP contribution in [0.3, 0.4) is 0 Å². The molecule has 1 nitrogen and oxygen atoms in total. The molecule has 0 N–H and O–H groups in total. The van der Waals surface area contributed by atoms with E-state index in [0.29, 0.717) is 0 Å². The van der Waals surface area contributed by atoms with E-state index >= 15 is 0 Å². The van der Waals surface area contributed by atoms with Crippen LogP contribution in [0.15, 0.2) is 0 Å². The minimum Gasteiger partial charge on any atom is -0.376 e. The van der Waals surface area contributed by atoms with Crippen LogP contribution in [0, 0.1) is 0 Å². The number of hydrogen-bond donors (Lipinski definition) is 0. The van der Waals surface area contributed by atoms with Gasteiger partial charge in [0.25, 0.3) is 0 Å². The van der Waals surface area contributed by atoms with E-state index < -0.39 is 0 Å². The first kappa shape index (κ1) is 18.0. The zero-order chi connectivity index (χ0) is 13.7. The van der Waals surface area contributed by atoms with E-state index in [2.05, 4.69) is 27.7 Å². The Labute approximate surface area is 116 Å². The van der Waals surface area contributed by atoms with Gasteiger partial charge in [-0.1, -0.05) is 71.1 Å². The van der Waals surface area contributed by atoms with Crippen LogP contribution in [0.4, 0.5) is 0 Å². The molecule has 0 saturated heterocycles. The van der Waals surface area contributed by atoms with Gasteiger partial charge in [-0.05, 0) is 27.2 Å². The van der Waals surface area contributed by atoms with Crippen molar-refractivity contribution in [3.63, 3.8) is 0 Å². The van der Waals surface area contributed by atoms with Crippen molar-refractivity contribution in [2.75, 3.05) is 6.61 Å². The smallest absolute Gasteiger partial charge is 0.0626 e. The van der Waals surface area contributed by atoms with Crippen molar-refractivity contribution >= 4 is 0 Å². The number of rotatable bonds is 13.